The summed E-state index contributed by atoms with van der Waals surface area (Å²) < 4.78 is 29.1. The van der Waals surface area contributed by atoms with Gasteiger partial charge < -0.3 is 4.74 Å². The van der Waals surface area contributed by atoms with Gasteiger partial charge in [-0.3, -0.25) is 0 Å². The minimum Gasteiger partial charge on any atom is -0.363 e. The normalized spacial score (nSPS) is 11.4. The van der Waals surface area contributed by atoms with E-state index in [1.165, 1.54) is 19.5 Å². The molecular weight excluding hydrogens is 286 g/mol. The highest BCUT2D eigenvalue weighted by Crippen LogP contribution is 2.13. The Morgan fingerprint density at radius 2 is 2.00 bits per heavy atom. The maximum atomic E-state index is 11.4. The third-order valence-electron chi connectivity index (χ3n) is 1.48. The average Bonchev–Trinajstić information content (AvgIpc) is 2.14. The Kier molecular flexibility index (Phi) is 4.00. The van der Waals surface area contributed by atoms with Crippen molar-refractivity contribution in [3.05, 3.63) is 16.9 Å². The first-order chi connectivity index (χ1) is 6.95. The van der Waals surface area contributed by atoms with Gasteiger partial charge in [0.05, 0.1) is 10.7 Å². The van der Waals surface area contributed by atoms with Crippen LogP contribution >= 0.6 is 15.9 Å². The van der Waals surface area contributed by atoms with Gasteiger partial charge in [0, 0.05) is 19.5 Å². The summed E-state index contributed by atoms with van der Waals surface area (Å²) in [4.78, 5) is 7.74. The number of hydrogen-bond donors (Lipinski definition) is 0. The molecule has 0 bridgehead atoms. The van der Waals surface area contributed by atoms with Crippen LogP contribution in [0.15, 0.2) is 16.9 Å². The summed E-state index contributed by atoms with van der Waals surface area (Å²) in [6.07, 6.45) is 4.00. The highest BCUT2D eigenvalue weighted by Gasteiger charge is 2.19. The van der Waals surface area contributed by atoms with Crippen molar-refractivity contribution < 1.29 is 13.2 Å². The fourth-order valence-electron chi connectivity index (χ4n) is 0.853. The zero-order valence-corrected chi connectivity index (χ0v) is 10.6. The van der Waals surface area contributed by atoms with Crippen molar-refractivity contribution in [3.63, 3.8) is 0 Å². The van der Waals surface area contributed by atoms with E-state index in [4.69, 9.17) is 4.74 Å². The number of sulfonamides is 1. The number of ether oxygens (including phenoxy) is 1. The molecule has 0 aromatic carbocycles. The minimum absolute atomic E-state index is 0.0857. The zero-order chi connectivity index (χ0) is 11.5. The molecule has 0 N–H and O–H groups in total. The van der Waals surface area contributed by atoms with E-state index in [9.17, 15) is 8.42 Å². The van der Waals surface area contributed by atoms with E-state index in [0.29, 0.717) is 4.47 Å². The first-order valence-electron chi connectivity index (χ1n) is 3.89. The molecule has 0 radical (unpaired) electrons. The molecule has 0 aliphatic heterocycles. The Hall–Kier alpha value is -0.730. The first-order valence-corrected chi connectivity index (χ1v) is 6.53. The van der Waals surface area contributed by atoms with Crippen molar-refractivity contribution in [2.75, 3.05) is 24.4 Å². The van der Waals surface area contributed by atoms with Gasteiger partial charge in [-0.2, -0.15) is 0 Å². The fourth-order valence-corrected chi connectivity index (χ4v) is 1.75. The first kappa shape index (κ1) is 12.3. The molecule has 0 unspecified atom stereocenters. The number of nitrogens with zero attached hydrogens (tertiary/aromatic N) is 3. The van der Waals surface area contributed by atoms with Crippen LogP contribution in [-0.2, 0) is 14.8 Å². The lowest BCUT2D eigenvalue weighted by Crippen LogP contribution is -2.33. The molecule has 8 heteroatoms. The van der Waals surface area contributed by atoms with Crippen LogP contribution < -0.4 is 4.31 Å². The van der Waals surface area contributed by atoms with E-state index in [0.717, 1.165) is 10.6 Å². The summed E-state index contributed by atoms with van der Waals surface area (Å²) in [6, 6.07) is 0. The topological polar surface area (TPSA) is 72.4 Å². The van der Waals surface area contributed by atoms with Crippen LogP contribution in [-0.4, -0.2) is 38.5 Å². The van der Waals surface area contributed by atoms with Crippen molar-refractivity contribution in [3.8, 4) is 0 Å². The third-order valence-corrected chi connectivity index (χ3v) is 2.96. The summed E-state index contributed by atoms with van der Waals surface area (Å²) in [7, 11) is -2.03. The average molecular weight is 296 g/mol. The molecule has 6 nitrogen and oxygen atoms in total. The van der Waals surface area contributed by atoms with Gasteiger partial charge in [0.15, 0.2) is 0 Å². The molecule has 0 atom stereocenters. The Bertz CT molecular complexity index is 420. The Balaban J connectivity index is 3.05. The molecule has 1 aromatic heterocycles. The monoisotopic (exact) mass is 295 g/mol. The van der Waals surface area contributed by atoms with E-state index in [1.807, 2.05) is 0 Å². The minimum atomic E-state index is -3.42. The van der Waals surface area contributed by atoms with Gasteiger partial charge >= 0.3 is 0 Å². The van der Waals surface area contributed by atoms with E-state index in [-0.39, 0.29) is 12.7 Å². The van der Waals surface area contributed by atoms with Crippen LogP contribution in [0.4, 0.5) is 5.95 Å². The van der Waals surface area contributed by atoms with E-state index < -0.39 is 10.0 Å². The van der Waals surface area contributed by atoms with Crippen LogP contribution in [0, 0.1) is 0 Å². The van der Waals surface area contributed by atoms with Crippen LogP contribution in [0.25, 0.3) is 0 Å². The van der Waals surface area contributed by atoms with Crippen molar-refractivity contribution in [1.29, 1.82) is 0 Å². The van der Waals surface area contributed by atoms with Gasteiger partial charge in [-0.15, -0.1) is 0 Å². The number of hydrogen-bond acceptors (Lipinski definition) is 5. The number of anilines is 1. The predicted octanol–water partition coefficient (Wildman–Crippen LogP) is 0.609. The highest BCUT2D eigenvalue weighted by molar-refractivity contribution is 9.10. The van der Waals surface area contributed by atoms with Gasteiger partial charge in [-0.25, -0.2) is 22.7 Å². The van der Waals surface area contributed by atoms with Crippen LogP contribution in [0.2, 0.25) is 0 Å². The Morgan fingerprint density at radius 1 is 1.47 bits per heavy atom. The van der Waals surface area contributed by atoms with Crippen LogP contribution in [0.3, 0.4) is 0 Å². The molecule has 1 aromatic rings. The molecule has 0 spiro atoms. The Labute approximate surface area is 96.5 Å². The molecule has 0 aliphatic carbocycles. The largest absolute Gasteiger partial charge is 0.363 e. The lowest BCUT2D eigenvalue weighted by Gasteiger charge is -2.18. The second-order valence-corrected chi connectivity index (χ2v) is 5.55. The summed E-state index contributed by atoms with van der Waals surface area (Å²) in [5, 5.41) is 0. The van der Waals surface area contributed by atoms with Crippen molar-refractivity contribution >= 4 is 31.9 Å². The third kappa shape index (κ3) is 3.40. The SMILES string of the molecule is COCN(c1ncc(Br)cn1)S(C)(=O)=O. The number of rotatable bonds is 4. The van der Waals surface area contributed by atoms with Crippen molar-refractivity contribution in [2.24, 2.45) is 0 Å². The fraction of sp³-hybridized carbons (Fsp3) is 0.429. The highest BCUT2D eigenvalue weighted by atomic mass is 79.9. The molecule has 1 rings (SSSR count). The molecule has 0 fully saturated rings. The summed E-state index contributed by atoms with van der Waals surface area (Å²) >= 11 is 3.16. The predicted molar refractivity (Wildman–Crippen MR) is 58.9 cm³/mol. The lowest BCUT2D eigenvalue weighted by molar-refractivity contribution is 0.209. The molecule has 0 saturated carbocycles. The molecule has 0 saturated heterocycles. The van der Waals surface area contributed by atoms with Crippen molar-refractivity contribution in [2.45, 2.75) is 0 Å². The second kappa shape index (κ2) is 4.86. The second-order valence-electron chi connectivity index (χ2n) is 2.73. The maximum Gasteiger partial charge on any atom is 0.241 e. The van der Waals surface area contributed by atoms with E-state index in [2.05, 4.69) is 25.9 Å². The molecule has 0 aliphatic rings. The number of halogens is 1. The smallest absolute Gasteiger partial charge is 0.241 e. The van der Waals surface area contributed by atoms with Crippen LogP contribution in [0.5, 0.6) is 0 Å². The number of methoxy groups -OCH3 is 1. The van der Waals surface area contributed by atoms with Gasteiger partial charge in [-0.05, 0) is 15.9 Å². The number of aromatic nitrogens is 2. The summed E-state index contributed by atoms with van der Waals surface area (Å²) in [6.45, 7) is -0.111. The van der Waals surface area contributed by atoms with E-state index in [1.54, 1.807) is 0 Å². The molecule has 84 valence electrons. The van der Waals surface area contributed by atoms with Gasteiger partial charge in [0.25, 0.3) is 0 Å². The lowest BCUT2D eigenvalue weighted by atomic mass is 10.7. The Morgan fingerprint density at radius 3 is 2.40 bits per heavy atom. The molecule has 15 heavy (non-hydrogen) atoms. The zero-order valence-electron chi connectivity index (χ0n) is 8.21. The van der Waals surface area contributed by atoms with Crippen molar-refractivity contribution in [1.82, 2.24) is 9.97 Å². The maximum absolute atomic E-state index is 11.4. The van der Waals surface area contributed by atoms with Gasteiger partial charge in [-0.1, -0.05) is 0 Å². The van der Waals surface area contributed by atoms with Gasteiger partial charge in [0.1, 0.15) is 6.73 Å². The van der Waals surface area contributed by atoms with E-state index >= 15 is 0 Å². The molecule has 0 amide bonds. The molecular formula is C7H10BrN3O3S. The van der Waals surface area contributed by atoms with Gasteiger partial charge in [0.2, 0.25) is 16.0 Å². The summed E-state index contributed by atoms with van der Waals surface area (Å²) in [5.74, 6) is 0.0857. The molecule has 1 heterocycles. The standard InChI is InChI=1S/C7H10BrN3O3S/c1-14-5-11(15(2,12)13)7-9-3-6(8)4-10-7/h3-4H,5H2,1-2H3. The quantitative estimate of drug-likeness (QED) is 0.761. The van der Waals surface area contributed by atoms with Crippen LogP contribution in [0.1, 0.15) is 0 Å². The summed E-state index contributed by atoms with van der Waals surface area (Å²) in [5.41, 5.74) is 0.